The normalized spacial score (nSPS) is 11.9. The predicted molar refractivity (Wildman–Crippen MR) is 131 cm³/mol. The number of rotatable bonds is 11. The van der Waals surface area contributed by atoms with E-state index < -0.39 is 12.1 Å². The molecule has 9 heteroatoms. The summed E-state index contributed by atoms with van der Waals surface area (Å²) in [5.41, 5.74) is 2.84. The van der Waals surface area contributed by atoms with Crippen LogP contribution in [0.15, 0.2) is 51.5 Å². The van der Waals surface area contributed by atoms with Gasteiger partial charge in [-0.3, -0.25) is 0 Å². The number of esters is 1. The first-order chi connectivity index (χ1) is 17.5. The SMILES string of the molecule is CCOC(Cc1ccc(OCc2nc(-c3cc(OC)cc(OC)c3)oc2C)c2ccoc12)C(=O)OC. The number of nitrogens with zero attached hydrogens (tertiary/aromatic N) is 1. The molecule has 2 aromatic heterocycles. The molecule has 0 N–H and O–H groups in total. The van der Waals surface area contributed by atoms with Crippen molar-refractivity contribution in [1.82, 2.24) is 4.98 Å². The third kappa shape index (κ3) is 5.31. The molecule has 1 atom stereocenters. The Hall–Kier alpha value is -3.98. The van der Waals surface area contributed by atoms with Gasteiger partial charge in [0.15, 0.2) is 6.10 Å². The zero-order chi connectivity index (χ0) is 25.7. The van der Waals surface area contributed by atoms with Crippen molar-refractivity contribution in [2.45, 2.75) is 33.0 Å². The predicted octanol–water partition coefficient (Wildman–Crippen LogP) is 5.11. The third-order valence-corrected chi connectivity index (χ3v) is 5.75. The summed E-state index contributed by atoms with van der Waals surface area (Å²) in [4.78, 5) is 16.7. The molecule has 0 aliphatic rings. The summed E-state index contributed by atoms with van der Waals surface area (Å²) >= 11 is 0. The molecule has 0 saturated heterocycles. The van der Waals surface area contributed by atoms with Gasteiger partial charge in [-0.15, -0.1) is 0 Å². The van der Waals surface area contributed by atoms with Crippen LogP contribution in [-0.4, -0.2) is 45.0 Å². The average Bonchev–Trinajstić information content (AvgIpc) is 3.54. The first-order valence-corrected chi connectivity index (χ1v) is 11.5. The van der Waals surface area contributed by atoms with E-state index in [0.29, 0.717) is 53.2 Å². The van der Waals surface area contributed by atoms with Crippen molar-refractivity contribution in [1.29, 1.82) is 0 Å². The number of aromatic nitrogens is 1. The van der Waals surface area contributed by atoms with Crippen LogP contribution in [0, 0.1) is 6.92 Å². The Labute approximate surface area is 208 Å². The first kappa shape index (κ1) is 25.1. The number of aryl methyl sites for hydroxylation is 1. The number of benzene rings is 2. The molecule has 0 saturated carbocycles. The van der Waals surface area contributed by atoms with E-state index in [1.54, 1.807) is 26.5 Å². The topological polar surface area (TPSA) is 102 Å². The van der Waals surface area contributed by atoms with Gasteiger partial charge in [0.25, 0.3) is 0 Å². The Kier molecular flexibility index (Phi) is 7.80. The highest BCUT2D eigenvalue weighted by atomic mass is 16.6. The fourth-order valence-corrected chi connectivity index (χ4v) is 3.89. The standard InChI is InChI=1S/C27H29NO8/c1-6-33-24(27(29)32-5)13-17-7-8-23(21-9-10-34-25(17)21)35-15-22-16(2)36-26(28-22)18-11-19(30-3)14-20(12-18)31-4/h7-12,14,24H,6,13,15H2,1-5H3. The van der Waals surface area contributed by atoms with Gasteiger partial charge in [0, 0.05) is 24.7 Å². The molecule has 1 unspecified atom stereocenters. The molecule has 0 fully saturated rings. The highest BCUT2D eigenvalue weighted by Gasteiger charge is 2.23. The summed E-state index contributed by atoms with van der Waals surface area (Å²) < 4.78 is 38.8. The molecule has 36 heavy (non-hydrogen) atoms. The Morgan fingerprint density at radius 1 is 1.06 bits per heavy atom. The molecule has 0 amide bonds. The zero-order valence-corrected chi connectivity index (χ0v) is 21.0. The highest BCUT2D eigenvalue weighted by Crippen LogP contribution is 2.33. The van der Waals surface area contributed by atoms with E-state index in [9.17, 15) is 4.79 Å². The number of carbonyl (C=O) groups excluding carboxylic acids is 1. The number of furan rings is 1. The molecule has 4 aromatic rings. The number of carbonyl (C=O) groups is 1. The van der Waals surface area contributed by atoms with Crippen LogP contribution in [0.1, 0.15) is 23.9 Å². The molecule has 0 aliphatic heterocycles. The van der Waals surface area contributed by atoms with E-state index in [1.807, 2.05) is 44.2 Å². The van der Waals surface area contributed by atoms with Crippen molar-refractivity contribution in [3.63, 3.8) is 0 Å². The Balaban J connectivity index is 1.54. The quantitative estimate of drug-likeness (QED) is 0.263. The molecular formula is C27H29NO8. The van der Waals surface area contributed by atoms with Crippen LogP contribution in [0.3, 0.4) is 0 Å². The van der Waals surface area contributed by atoms with Crippen molar-refractivity contribution < 1.29 is 37.3 Å². The molecule has 0 radical (unpaired) electrons. The lowest BCUT2D eigenvalue weighted by Gasteiger charge is -2.15. The number of hydrogen-bond donors (Lipinski definition) is 0. The minimum absolute atomic E-state index is 0.194. The van der Waals surface area contributed by atoms with Crippen LogP contribution >= 0.6 is 0 Å². The molecule has 0 bridgehead atoms. The summed E-state index contributed by atoms with van der Waals surface area (Å²) in [6.07, 6.45) is 1.19. The summed E-state index contributed by atoms with van der Waals surface area (Å²) in [5, 5.41) is 0.784. The second-order valence-corrected chi connectivity index (χ2v) is 7.97. The second kappa shape index (κ2) is 11.2. The van der Waals surface area contributed by atoms with Gasteiger partial charge in [-0.1, -0.05) is 6.07 Å². The monoisotopic (exact) mass is 495 g/mol. The van der Waals surface area contributed by atoms with E-state index in [4.69, 9.17) is 32.5 Å². The molecule has 2 heterocycles. The number of hydrogen-bond acceptors (Lipinski definition) is 9. The molecule has 4 rings (SSSR count). The summed E-state index contributed by atoms with van der Waals surface area (Å²) in [7, 11) is 4.52. The van der Waals surface area contributed by atoms with Gasteiger partial charge in [-0.05, 0) is 43.7 Å². The third-order valence-electron chi connectivity index (χ3n) is 5.75. The minimum atomic E-state index is -0.716. The number of oxazole rings is 1. The van der Waals surface area contributed by atoms with E-state index in [0.717, 1.165) is 16.5 Å². The number of ether oxygens (including phenoxy) is 5. The lowest BCUT2D eigenvalue weighted by Crippen LogP contribution is -2.28. The van der Waals surface area contributed by atoms with Crippen molar-refractivity contribution in [3.05, 3.63) is 59.7 Å². The van der Waals surface area contributed by atoms with Gasteiger partial charge in [0.2, 0.25) is 5.89 Å². The maximum atomic E-state index is 12.1. The smallest absolute Gasteiger partial charge is 0.335 e. The molecule has 2 aromatic carbocycles. The minimum Gasteiger partial charge on any atom is -0.497 e. The second-order valence-electron chi connectivity index (χ2n) is 7.97. The van der Waals surface area contributed by atoms with Crippen LogP contribution < -0.4 is 14.2 Å². The average molecular weight is 496 g/mol. The van der Waals surface area contributed by atoms with Gasteiger partial charge >= 0.3 is 5.97 Å². The van der Waals surface area contributed by atoms with Gasteiger partial charge in [0.05, 0.1) is 33.0 Å². The fourth-order valence-electron chi connectivity index (χ4n) is 3.89. The van der Waals surface area contributed by atoms with E-state index in [2.05, 4.69) is 4.98 Å². The Morgan fingerprint density at radius 2 is 1.81 bits per heavy atom. The van der Waals surface area contributed by atoms with Gasteiger partial charge < -0.3 is 32.5 Å². The van der Waals surface area contributed by atoms with Crippen molar-refractivity contribution in [2.24, 2.45) is 0 Å². The lowest BCUT2D eigenvalue weighted by molar-refractivity contribution is -0.153. The van der Waals surface area contributed by atoms with Crippen LogP contribution in [-0.2, 0) is 27.3 Å². The molecule has 0 aliphatic carbocycles. The summed E-state index contributed by atoms with van der Waals surface area (Å²) in [5.74, 6) is 2.56. The zero-order valence-electron chi connectivity index (χ0n) is 21.0. The van der Waals surface area contributed by atoms with Crippen LogP contribution in [0.25, 0.3) is 22.4 Å². The van der Waals surface area contributed by atoms with E-state index in [1.165, 1.54) is 7.11 Å². The molecule has 190 valence electrons. The van der Waals surface area contributed by atoms with Crippen molar-refractivity contribution in [3.8, 4) is 28.7 Å². The van der Waals surface area contributed by atoms with Crippen LogP contribution in [0.4, 0.5) is 0 Å². The number of fused-ring (bicyclic) bond motifs is 1. The highest BCUT2D eigenvalue weighted by molar-refractivity contribution is 5.87. The van der Waals surface area contributed by atoms with Crippen molar-refractivity contribution in [2.75, 3.05) is 27.9 Å². The maximum Gasteiger partial charge on any atom is 0.335 e. The largest absolute Gasteiger partial charge is 0.497 e. The van der Waals surface area contributed by atoms with Gasteiger partial charge in [-0.2, -0.15) is 0 Å². The molecular weight excluding hydrogens is 466 g/mol. The Bertz CT molecular complexity index is 1320. The lowest BCUT2D eigenvalue weighted by atomic mass is 10.0. The van der Waals surface area contributed by atoms with Crippen molar-refractivity contribution >= 4 is 16.9 Å². The van der Waals surface area contributed by atoms with Crippen LogP contribution in [0.2, 0.25) is 0 Å². The van der Waals surface area contributed by atoms with E-state index in [-0.39, 0.29) is 6.61 Å². The summed E-state index contributed by atoms with van der Waals surface area (Å²) in [6.45, 7) is 4.25. The molecule has 0 spiro atoms. The first-order valence-electron chi connectivity index (χ1n) is 11.5. The Morgan fingerprint density at radius 3 is 2.47 bits per heavy atom. The van der Waals surface area contributed by atoms with Gasteiger partial charge in [-0.25, -0.2) is 9.78 Å². The fraction of sp³-hybridized carbons (Fsp3) is 0.333. The summed E-state index contributed by atoms with van der Waals surface area (Å²) in [6, 6.07) is 11.0. The number of methoxy groups -OCH3 is 3. The van der Waals surface area contributed by atoms with E-state index >= 15 is 0 Å². The van der Waals surface area contributed by atoms with Crippen LogP contribution in [0.5, 0.6) is 17.2 Å². The molecule has 9 nitrogen and oxygen atoms in total. The van der Waals surface area contributed by atoms with Gasteiger partial charge in [0.1, 0.15) is 40.9 Å². The maximum absolute atomic E-state index is 12.1.